The Bertz CT molecular complexity index is 269. The third-order valence-electron chi connectivity index (χ3n) is 1.82. The van der Waals surface area contributed by atoms with Crippen LogP contribution in [0.1, 0.15) is 20.3 Å². The van der Waals surface area contributed by atoms with Gasteiger partial charge < -0.3 is 9.84 Å². The van der Waals surface area contributed by atoms with Crippen LogP contribution in [0.5, 0.6) is 5.75 Å². The molecule has 0 spiro atoms. The maximum absolute atomic E-state index is 12.5. The standard InChI is InChI=1S/C11H15FO2/c1-8(13)7-9(2)14-11-5-3-10(12)4-6-11/h3-6,8-9,13H,7H2,1-2H3. The molecule has 3 heteroatoms. The summed E-state index contributed by atoms with van der Waals surface area (Å²) in [7, 11) is 0. The molecule has 0 bridgehead atoms. The van der Waals surface area contributed by atoms with Crippen molar-refractivity contribution in [3.05, 3.63) is 30.1 Å². The van der Waals surface area contributed by atoms with Gasteiger partial charge in [0.2, 0.25) is 0 Å². The smallest absolute Gasteiger partial charge is 0.123 e. The number of hydrogen-bond donors (Lipinski definition) is 1. The summed E-state index contributed by atoms with van der Waals surface area (Å²) >= 11 is 0. The number of halogens is 1. The quantitative estimate of drug-likeness (QED) is 0.804. The van der Waals surface area contributed by atoms with E-state index in [9.17, 15) is 4.39 Å². The lowest BCUT2D eigenvalue weighted by Crippen LogP contribution is -2.18. The number of benzene rings is 1. The van der Waals surface area contributed by atoms with Crippen molar-refractivity contribution in [1.82, 2.24) is 0 Å². The average molecular weight is 198 g/mol. The van der Waals surface area contributed by atoms with Gasteiger partial charge in [-0.05, 0) is 38.1 Å². The summed E-state index contributed by atoms with van der Waals surface area (Å²) in [6.45, 7) is 3.58. The molecule has 1 rings (SSSR count). The molecule has 2 unspecified atom stereocenters. The van der Waals surface area contributed by atoms with Crippen LogP contribution in [0, 0.1) is 5.82 Å². The largest absolute Gasteiger partial charge is 0.491 e. The molecular weight excluding hydrogens is 183 g/mol. The second-order valence-electron chi connectivity index (χ2n) is 3.47. The summed E-state index contributed by atoms with van der Waals surface area (Å²) in [5.74, 6) is 0.347. The Labute approximate surface area is 83.3 Å². The van der Waals surface area contributed by atoms with Gasteiger partial charge in [-0.3, -0.25) is 0 Å². The van der Waals surface area contributed by atoms with Gasteiger partial charge in [0.15, 0.2) is 0 Å². The fourth-order valence-corrected chi connectivity index (χ4v) is 1.27. The van der Waals surface area contributed by atoms with Crippen LogP contribution in [-0.4, -0.2) is 17.3 Å². The van der Waals surface area contributed by atoms with E-state index in [1.807, 2.05) is 6.92 Å². The Morgan fingerprint density at radius 3 is 2.36 bits per heavy atom. The van der Waals surface area contributed by atoms with E-state index in [0.717, 1.165) is 0 Å². The van der Waals surface area contributed by atoms with Crippen molar-refractivity contribution < 1.29 is 14.2 Å². The average Bonchev–Trinajstić information content (AvgIpc) is 2.07. The monoisotopic (exact) mass is 198 g/mol. The first-order valence-electron chi connectivity index (χ1n) is 4.68. The molecule has 0 aliphatic rings. The third kappa shape index (κ3) is 3.75. The fourth-order valence-electron chi connectivity index (χ4n) is 1.27. The molecule has 2 atom stereocenters. The number of hydrogen-bond acceptors (Lipinski definition) is 2. The van der Waals surface area contributed by atoms with E-state index >= 15 is 0 Å². The van der Waals surface area contributed by atoms with Crippen molar-refractivity contribution in [2.75, 3.05) is 0 Å². The van der Waals surface area contributed by atoms with Gasteiger partial charge in [0.25, 0.3) is 0 Å². The van der Waals surface area contributed by atoms with E-state index in [2.05, 4.69) is 0 Å². The van der Waals surface area contributed by atoms with Crippen LogP contribution in [-0.2, 0) is 0 Å². The van der Waals surface area contributed by atoms with Crippen molar-refractivity contribution in [1.29, 1.82) is 0 Å². The van der Waals surface area contributed by atoms with Crippen molar-refractivity contribution in [3.8, 4) is 5.75 Å². The first-order chi connectivity index (χ1) is 6.58. The Hall–Kier alpha value is -1.09. The van der Waals surface area contributed by atoms with Gasteiger partial charge in [0, 0.05) is 6.42 Å². The van der Waals surface area contributed by atoms with Gasteiger partial charge in [-0.25, -0.2) is 4.39 Å². The fraction of sp³-hybridized carbons (Fsp3) is 0.455. The number of aliphatic hydroxyl groups is 1. The molecular formula is C11H15FO2. The first-order valence-corrected chi connectivity index (χ1v) is 4.68. The van der Waals surface area contributed by atoms with Gasteiger partial charge in [-0.2, -0.15) is 0 Å². The van der Waals surface area contributed by atoms with Crippen LogP contribution in [0.4, 0.5) is 4.39 Å². The Morgan fingerprint density at radius 2 is 1.86 bits per heavy atom. The molecule has 78 valence electrons. The minimum Gasteiger partial charge on any atom is -0.491 e. The lowest BCUT2D eigenvalue weighted by molar-refractivity contribution is 0.115. The zero-order chi connectivity index (χ0) is 10.6. The van der Waals surface area contributed by atoms with Gasteiger partial charge in [0.05, 0.1) is 12.2 Å². The number of aliphatic hydroxyl groups excluding tert-OH is 1. The van der Waals surface area contributed by atoms with Gasteiger partial charge in [-0.15, -0.1) is 0 Å². The molecule has 0 heterocycles. The highest BCUT2D eigenvalue weighted by Gasteiger charge is 2.07. The minimum absolute atomic E-state index is 0.0690. The summed E-state index contributed by atoms with van der Waals surface area (Å²) in [5, 5.41) is 9.10. The highest BCUT2D eigenvalue weighted by molar-refractivity contribution is 5.22. The maximum atomic E-state index is 12.5. The topological polar surface area (TPSA) is 29.5 Å². The minimum atomic E-state index is -0.384. The summed E-state index contributed by atoms with van der Waals surface area (Å²) in [6.07, 6.45) is 0.114. The van der Waals surface area contributed by atoms with E-state index in [1.54, 1.807) is 19.1 Å². The van der Waals surface area contributed by atoms with Crippen LogP contribution in [0.3, 0.4) is 0 Å². The molecule has 0 saturated carbocycles. The molecule has 1 aromatic carbocycles. The second-order valence-corrected chi connectivity index (χ2v) is 3.47. The van der Waals surface area contributed by atoms with Crippen molar-refractivity contribution >= 4 is 0 Å². The zero-order valence-corrected chi connectivity index (χ0v) is 8.40. The number of rotatable bonds is 4. The Morgan fingerprint density at radius 1 is 1.29 bits per heavy atom. The van der Waals surface area contributed by atoms with Gasteiger partial charge >= 0.3 is 0 Å². The highest BCUT2D eigenvalue weighted by Crippen LogP contribution is 2.14. The van der Waals surface area contributed by atoms with Gasteiger partial charge in [0.1, 0.15) is 11.6 Å². The molecule has 1 N–H and O–H groups in total. The van der Waals surface area contributed by atoms with Crippen molar-refractivity contribution in [2.24, 2.45) is 0 Å². The molecule has 0 fully saturated rings. The first kappa shape index (κ1) is 11.0. The highest BCUT2D eigenvalue weighted by atomic mass is 19.1. The zero-order valence-electron chi connectivity index (χ0n) is 8.40. The lowest BCUT2D eigenvalue weighted by Gasteiger charge is -2.15. The van der Waals surface area contributed by atoms with E-state index in [1.165, 1.54) is 12.1 Å². The Kier molecular flexibility index (Phi) is 3.89. The van der Waals surface area contributed by atoms with Crippen LogP contribution in [0.15, 0.2) is 24.3 Å². The lowest BCUT2D eigenvalue weighted by atomic mass is 10.2. The molecule has 0 saturated heterocycles. The predicted molar refractivity (Wildman–Crippen MR) is 52.8 cm³/mol. The SMILES string of the molecule is CC(O)CC(C)Oc1ccc(F)cc1. The Balaban J connectivity index is 2.47. The number of ether oxygens (including phenoxy) is 1. The van der Waals surface area contributed by atoms with E-state index in [-0.39, 0.29) is 18.0 Å². The molecule has 0 aliphatic heterocycles. The van der Waals surface area contributed by atoms with Crippen molar-refractivity contribution in [2.45, 2.75) is 32.5 Å². The summed E-state index contributed by atoms with van der Waals surface area (Å²) in [5.41, 5.74) is 0. The van der Waals surface area contributed by atoms with Crippen molar-refractivity contribution in [3.63, 3.8) is 0 Å². The second kappa shape index (κ2) is 4.96. The van der Waals surface area contributed by atoms with Crippen LogP contribution in [0.2, 0.25) is 0 Å². The summed E-state index contributed by atoms with van der Waals surface area (Å²) in [6, 6.07) is 5.86. The van der Waals surface area contributed by atoms with Crippen LogP contribution < -0.4 is 4.74 Å². The third-order valence-corrected chi connectivity index (χ3v) is 1.82. The summed E-state index contributed by atoms with van der Waals surface area (Å²) < 4.78 is 18.0. The van der Waals surface area contributed by atoms with Crippen LogP contribution >= 0.6 is 0 Å². The van der Waals surface area contributed by atoms with E-state index in [4.69, 9.17) is 9.84 Å². The maximum Gasteiger partial charge on any atom is 0.123 e. The van der Waals surface area contributed by atoms with E-state index in [0.29, 0.717) is 12.2 Å². The molecule has 0 aliphatic carbocycles. The normalized spacial score (nSPS) is 14.9. The predicted octanol–water partition coefficient (Wildman–Crippen LogP) is 2.36. The molecule has 2 nitrogen and oxygen atoms in total. The van der Waals surface area contributed by atoms with E-state index < -0.39 is 0 Å². The van der Waals surface area contributed by atoms with Crippen LogP contribution in [0.25, 0.3) is 0 Å². The molecule has 1 aromatic rings. The molecule has 0 radical (unpaired) electrons. The van der Waals surface area contributed by atoms with Gasteiger partial charge in [-0.1, -0.05) is 0 Å². The molecule has 0 aromatic heterocycles. The molecule has 14 heavy (non-hydrogen) atoms. The summed E-state index contributed by atoms with van der Waals surface area (Å²) in [4.78, 5) is 0. The molecule has 0 amide bonds.